The van der Waals surface area contributed by atoms with Crippen molar-refractivity contribution < 1.29 is 58.1 Å². The van der Waals surface area contributed by atoms with Crippen molar-refractivity contribution in [3.8, 4) is 34.3 Å². The number of carbonyl (C=O) groups is 1. The molecule has 0 saturated carbocycles. The van der Waals surface area contributed by atoms with Gasteiger partial charge in [-0.05, 0) is 18.2 Å². The first kappa shape index (κ1) is 27.4. The summed E-state index contributed by atoms with van der Waals surface area (Å²) in [7, 11) is 2.64. The minimum atomic E-state index is -1.78. The van der Waals surface area contributed by atoms with Gasteiger partial charge in [0, 0.05) is 30.0 Å². The minimum absolute atomic E-state index is 0.00125. The van der Waals surface area contributed by atoms with Crippen molar-refractivity contribution in [1.29, 1.82) is 0 Å². The van der Waals surface area contributed by atoms with Crippen molar-refractivity contribution in [2.45, 2.75) is 37.6 Å². The third kappa shape index (κ3) is 4.53. The van der Waals surface area contributed by atoms with Gasteiger partial charge in [-0.25, -0.2) is 0 Å². The van der Waals surface area contributed by atoms with Crippen LogP contribution in [0.3, 0.4) is 0 Å². The molecule has 5 atom stereocenters. The number of phenolic OH excluding ortho intramolecular Hbond substituents is 1. The minimum Gasteiger partial charge on any atom is -0.502 e. The number of aromatic hydroxyl groups is 1. The molecule has 1 fully saturated rings. The second-order valence-electron chi connectivity index (χ2n) is 9.18. The highest BCUT2D eigenvalue weighted by Gasteiger charge is 2.45. The predicted octanol–water partition coefficient (Wildman–Crippen LogP) is 1.31. The maximum absolute atomic E-state index is 12.5. The Balaban J connectivity index is 1.84. The summed E-state index contributed by atoms with van der Waals surface area (Å²) in [5.41, 5.74) is -0.193. The molecule has 1 aliphatic heterocycles. The number of aliphatic hydroxyl groups is 4. The van der Waals surface area contributed by atoms with E-state index in [0.717, 1.165) is 0 Å². The van der Waals surface area contributed by atoms with Gasteiger partial charge in [-0.2, -0.15) is 0 Å². The van der Waals surface area contributed by atoms with Crippen molar-refractivity contribution in [1.82, 2.24) is 0 Å². The molecule has 0 bridgehead atoms. The van der Waals surface area contributed by atoms with E-state index in [1.165, 1.54) is 51.5 Å². The molecule has 0 aliphatic carbocycles. The number of hydrogen-bond donors (Lipinski definition) is 5. The van der Waals surface area contributed by atoms with Crippen molar-refractivity contribution in [2.75, 3.05) is 20.8 Å². The molecular weight excluding hydrogens is 532 g/mol. The molecule has 5 N–H and O–H groups in total. The molecule has 2 aromatic carbocycles. The van der Waals surface area contributed by atoms with E-state index in [2.05, 4.69) is 0 Å². The van der Waals surface area contributed by atoms with Crippen molar-refractivity contribution in [2.24, 2.45) is 0 Å². The first-order chi connectivity index (χ1) is 19.1. The third-order valence-corrected chi connectivity index (χ3v) is 6.64. The van der Waals surface area contributed by atoms with E-state index >= 15 is 0 Å². The molecule has 13 heteroatoms. The normalized spacial score (nSPS) is 22.9. The van der Waals surface area contributed by atoms with Gasteiger partial charge in [-0.3, -0.25) is 9.59 Å². The Hall–Kier alpha value is -4.14. The molecule has 212 valence electrons. The van der Waals surface area contributed by atoms with Crippen LogP contribution in [0.4, 0.5) is 0 Å². The predicted molar refractivity (Wildman–Crippen MR) is 137 cm³/mol. The molecule has 40 heavy (non-hydrogen) atoms. The summed E-state index contributed by atoms with van der Waals surface area (Å²) in [4.78, 5) is 24.8. The Morgan fingerprint density at radius 2 is 1.55 bits per heavy atom. The summed E-state index contributed by atoms with van der Waals surface area (Å²) in [5, 5.41) is 51.8. The first-order valence-corrected chi connectivity index (χ1v) is 12.1. The average molecular weight is 558 g/mol. The number of rotatable bonds is 7. The molecule has 0 radical (unpaired) electrons. The van der Waals surface area contributed by atoms with E-state index in [0.29, 0.717) is 0 Å². The van der Waals surface area contributed by atoms with Gasteiger partial charge in [0.05, 0.1) is 26.2 Å². The molecular formula is C27H26O13. The Bertz CT molecular complexity index is 1620. The highest BCUT2D eigenvalue weighted by Crippen LogP contribution is 2.47. The zero-order valence-electron chi connectivity index (χ0n) is 21.5. The number of ether oxygens (including phenoxy) is 4. The second-order valence-corrected chi connectivity index (χ2v) is 9.18. The lowest BCUT2D eigenvalue weighted by molar-refractivity contribution is -0.277. The van der Waals surface area contributed by atoms with Gasteiger partial charge in [0.25, 0.3) is 0 Å². The Labute approximate surface area is 225 Å². The molecule has 3 heterocycles. The Morgan fingerprint density at radius 3 is 2.12 bits per heavy atom. The topological polar surface area (TPSA) is 198 Å². The van der Waals surface area contributed by atoms with Gasteiger partial charge in [0.1, 0.15) is 35.6 Å². The standard InChI is InChI=1S/C27H26O13/c1-10(29)14-8-13-20-15(37-14)6-12(30)7-16(20)38-25(11-4-17(35-2)21(31)18(5-11)36-3)26(13)40-27-24(34)23(33)22(32)19(9-28)39-27/h4-8,19,22-24,27-28,31-34H,9H2,1-3H3. The summed E-state index contributed by atoms with van der Waals surface area (Å²) in [6.45, 7) is 0.564. The molecule has 2 aromatic heterocycles. The first-order valence-electron chi connectivity index (χ1n) is 12.1. The third-order valence-electron chi connectivity index (χ3n) is 6.64. The smallest absolute Gasteiger partial charge is 0.229 e. The van der Waals surface area contributed by atoms with Gasteiger partial charge in [0.2, 0.25) is 12.0 Å². The Kier molecular flexibility index (Phi) is 7.16. The van der Waals surface area contributed by atoms with Gasteiger partial charge in [-0.15, -0.1) is 0 Å². The molecule has 0 spiro atoms. The molecule has 1 aliphatic rings. The van der Waals surface area contributed by atoms with Crippen LogP contribution in [0.5, 0.6) is 23.0 Å². The number of Topliss-reactive ketones (excluding diaryl/α,β-unsaturated/α-hetero) is 1. The number of benzene rings is 2. The van der Waals surface area contributed by atoms with Crippen LogP contribution < -0.4 is 19.6 Å². The van der Waals surface area contributed by atoms with Crippen LogP contribution in [0.25, 0.3) is 33.3 Å². The monoisotopic (exact) mass is 558 g/mol. The summed E-state index contributed by atoms with van der Waals surface area (Å²) in [6.07, 6.45) is -8.08. The molecule has 13 nitrogen and oxygen atoms in total. The maximum Gasteiger partial charge on any atom is 0.229 e. The molecule has 4 aromatic rings. The Morgan fingerprint density at radius 1 is 0.925 bits per heavy atom. The fraction of sp³-hybridized carbons (Fsp3) is 0.333. The van der Waals surface area contributed by atoms with E-state index in [1.807, 2.05) is 0 Å². The van der Waals surface area contributed by atoms with Crippen LogP contribution in [-0.4, -0.2) is 82.8 Å². The highest BCUT2D eigenvalue weighted by molar-refractivity contribution is 6.11. The van der Waals surface area contributed by atoms with E-state index in [4.69, 9.17) is 27.8 Å². The van der Waals surface area contributed by atoms with Gasteiger partial charge < -0.3 is 53.3 Å². The van der Waals surface area contributed by atoms with Gasteiger partial charge in [-0.1, -0.05) is 0 Å². The lowest BCUT2D eigenvalue weighted by atomic mass is 9.99. The average Bonchev–Trinajstić information content (AvgIpc) is 2.93. The van der Waals surface area contributed by atoms with E-state index in [-0.39, 0.29) is 62.0 Å². The largest absolute Gasteiger partial charge is 0.502 e. The summed E-state index contributed by atoms with van der Waals surface area (Å²) < 4.78 is 33.9. The van der Waals surface area contributed by atoms with Gasteiger partial charge >= 0.3 is 0 Å². The lowest BCUT2D eigenvalue weighted by Crippen LogP contribution is -2.60. The fourth-order valence-corrected chi connectivity index (χ4v) is 4.59. The van der Waals surface area contributed by atoms with Crippen LogP contribution >= 0.6 is 0 Å². The molecule has 5 rings (SSSR count). The molecule has 1 saturated heterocycles. The summed E-state index contributed by atoms with van der Waals surface area (Å²) in [5.74, 6) is -1.11. The van der Waals surface area contributed by atoms with Crippen LogP contribution in [0.15, 0.2) is 44.0 Å². The van der Waals surface area contributed by atoms with Crippen molar-refractivity contribution in [3.05, 3.63) is 46.3 Å². The molecule has 0 amide bonds. The fourth-order valence-electron chi connectivity index (χ4n) is 4.59. The van der Waals surface area contributed by atoms with Gasteiger partial charge in [0.15, 0.2) is 40.0 Å². The SMILES string of the molecule is COc1cc(-c2oc3cc(=O)cc4oc(C(C)=O)cc(c2OC2OC(CO)C(O)C(O)C2O)c43)cc(OC)c1O. The van der Waals surface area contributed by atoms with Crippen molar-refractivity contribution >= 4 is 27.7 Å². The quantitative estimate of drug-likeness (QED) is 0.204. The number of hydrogen-bond acceptors (Lipinski definition) is 13. The van der Waals surface area contributed by atoms with E-state index in [9.17, 15) is 35.1 Å². The zero-order chi connectivity index (χ0) is 28.9. The van der Waals surface area contributed by atoms with Crippen LogP contribution in [-0.2, 0) is 4.74 Å². The van der Waals surface area contributed by atoms with E-state index < -0.39 is 48.5 Å². The van der Waals surface area contributed by atoms with Crippen LogP contribution in [0.2, 0.25) is 0 Å². The number of ketones is 1. The van der Waals surface area contributed by atoms with E-state index in [1.54, 1.807) is 0 Å². The maximum atomic E-state index is 12.5. The number of methoxy groups -OCH3 is 2. The number of aliphatic hydroxyl groups excluding tert-OH is 4. The second kappa shape index (κ2) is 10.4. The van der Waals surface area contributed by atoms with Crippen LogP contribution in [0.1, 0.15) is 17.5 Å². The number of phenols is 1. The lowest BCUT2D eigenvalue weighted by Gasteiger charge is -2.39. The number of carbonyl (C=O) groups excluding carboxylic acids is 1. The summed E-state index contributed by atoms with van der Waals surface area (Å²) >= 11 is 0. The van der Waals surface area contributed by atoms with Crippen LogP contribution in [0, 0.1) is 0 Å². The van der Waals surface area contributed by atoms with Crippen molar-refractivity contribution in [3.63, 3.8) is 0 Å². The zero-order valence-corrected chi connectivity index (χ0v) is 21.5. The molecule has 5 unspecified atom stereocenters. The highest BCUT2D eigenvalue weighted by atomic mass is 16.7. The summed E-state index contributed by atoms with van der Waals surface area (Å²) in [6, 6.07) is 6.52.